The Morgan fingerprint density at radius 1 is 1.15 bits per heavy atom. The van der Waals surface area contributed by atoms with Crippen molar-refractivity contribution in [3.05, 3.63) is 75.6 Å². The van der Waals surface area contributed by atoms with E-state index < -0.39 is 16.9 Å². The minimum Gasteiger partial charge on any atom is -0.342 e. The highest BCUT2D eigenvalue weighted by Gasteiger charge is 2.21. The normalized spacial score (nSPS) is 11.6. The molecule has 10 nitrogen and oxygen atoms in total. The summed E-state index contributed by atoms with van der Waals surface area (Å²) in [5.74, 6) is -0.0538. The number of nitro benzene ring substituents is 1. The van der Waals surface area contributed by atoms with Crippen LogP contribution < -0.4 is 10.6 Å². The summed E-state index contributed by atoms with van der Waals surface area (Å²) in [6.07, 6.45) is 0. The van der Waals surface area contributed by atoms with Gasteiger partial charge in [0.25, 0.3) is 11.6 Å². The summed E-state index contributed by atoms with van der Waals surface area (Å²) in [6.45, 7) is 6.23. The standard InChI is InChI=1S/C22H24N6O4S/c1-4-27-20(15(3)23-21(30)16-11-9-14(2)10-12-16)25-26-22(27)33-13-19(29)24-17-7-5-6-8-18(17)28(31)32/h5-12,15H,4,13H2,1-3H3,(H,23,30)(H,24,29)/t15-/m0/s1. The Labute approximate surface area is 194 Å². The SMILES string of the molecule is CCn1c(SCC(=O)Nc2ccccc2[N+](=O)[O-])nnc1[C@H](C)NC(=O)c1ccc(C)cc1. The van der Waals surface area contributed by atoms with E-state index in [0.29, 0.717) is 23.1 Å². The van der Waals surface area contributed by atoms with E-state index in [1.807, 2.05) is 37.5 Å². The maximum atomic E-state index is 12.5. The highest BCUT2D eigenvalue weighted by molar-refractivity contribution is 7.99. The Kier molecular flexibility index (Phi) is 7.78. The molecule has 0 aliphatic rings. The van der Waals surface area contributed by atoms with Crippen molar-refractivity contribution in [1.29, 1.82) is 0 Å². The van der Waals surface area contributed by atoms with Gasteiger partial charge >= 0.3 is 0 Å². The molecule has 172 valence electrons. The first-order valence-electron chi connectivity index (χ1n) is 10.3. The number of aromatic nitrogens is 3. The molecule has 0 saturated carbocycles. The fourth-order valence-corrected chi connectivity index (χ4v) is 3.94. The second-order valence-corrected chi connectivity index (χ2v) is 8.20. The number of thioether (sulfide) groups is 1. The van der Waals surface area contributed by atoms with Crippen LogP contribution in [0.2, 0.25) is 0 Å². The fourth-order valence-electron chi connectivity index (χ4n) is 3.13. The first kappa shape index (κ1) is 23.9. The Morgan fingerprint density at radius 3 is 2.52 bits per heavy atom. The summed E-state index contributed by atoms with van der Waals surface area (Å²) in [6, 6.07) is 12.8. The molecule has 0 bridgehead atoms. The molecule has 1 heterocycles. The Hall–Kier alpha value is -3.73. The molecular weight excluding hydrogens is 444 g/mol. The molecule has 2 aromatic carbocycles. The molecule has 0 aliphatic carbocycles. The van der Waals surface area contributed by atoms with E-state index in [2.05, 4.69) is 20.8 Å². The molecule has 3 aromatic rings. The fraction of sp³-hybridized carbons (Fsp3) is 0.273. The summed E-state index contributed by atoms with van der Waals surface area (Å²) >= 11 is 1.16. The predicted molar refractivity (Wildman–Crippen MR) is 125 cm³/mol. The van der Waals surface area contributed by atoms with Crippen molar-refractivity contribution >= 4 is 35.0 Å². The maximum Gasteiger partial charge on any atom is 0.292 e. The average Bonchev–Trinajstić information content (AvgIpc) is 3.21. The number of rotatable bonds is 9. The molecule has 0 fully saturated rings. The van der Waals surface area contributed by atoms with Crippen LogP contribution in [-0.4, -0.2) is 37.3 Å². The van der Waals surface area contributed by atoms with Crippen LogP contribution in [0, 0.1) is 17.0 Å². The highest BCUT2D eigenvalue weighted by atomic mass is 32.2. The Morgan fingerprint density at radius 2 is 1.85 bits per heavy atom. The van der Waals surface area contributed by atoms with Gasteiger partial charge in [-0.1, -0.05) is 41.6 Å². The Balaban J connectivity index is 1.64. The molecule has 0 spiro atoms. The van der Waals surface area contributed by atoms with Gasteiger partial charge in [-0.25, -0.2) is 0 Å². The van der Waals surface area contributed by atoms with Gasteiger partial charge in [-0.3, -0.25) is 19.7 Å². The monoisotopic (exact) mass is 468 g/mol. The lowest BCUT2D eigenvalue weighted by Crippen LogP contribution is -2.28. The highest BCUT2D eigenvalue weighted by Crippen LogP contribution is 2.25. The number of amides is 2. The van der Waals surface area contributed by atoms with E-state index in [1.165, 1.54) is 18.2 Å². The van der Waals surface area contributed by atoms with Crippen molar-refractivity contribution in [2.24, 2.45) is 0 Å². The number of hydrogen-bond acceptors (Lipinski definition) is 7. The summed E-state index contributed by atoms with van der Waals surface area (Å²) in [7, 11) is 0. The third kappa shape index (κ3) is 5.95. The third-order valence-electron chi connectivity index (χ3n) is 4.82. The van der Waals surface area contributed by atoms with Crippen molar-refractivity contribution in [2.45, 2.75) is 38.5 Å². The summed E-state index contributed by atoms with van der Waals surface area (Å²) in [5, 5.41) is 25.5. The number of nitro groups is 1. The van der Waals surface area contributed by atoms with Gasteiger partial charge in [0, 0.05) is 18.2 Å². The number of carbonyl (C=O) groups excluding carboxylic acids is 2. The zero-order valence-electron chi connectivity index (χ0n) is 18.4. The average molecular weight is 469 g/mol. The number of carbonyl (C=O) groups is 2. The Bertz CT molecular complexity index is 1160. The van der Waals surface area contributed by atoms with Gasteiger partial charge < -0.3 is 15.2 Å². The van der Waals surface area contributed by atoms with E-state index in [1.54, 1.807) is 18.2 Å². The molecule has 33 heavy (non-hydrogen) atoms. The number of para-hydroxylation sites is 2. The van der Waals surface area contributed by atoms with E-state index in [9.17, 15) is 19.7 Å². The smallest absolute Gasteiger partial charge is 0.292 e. The lowest BCUT2D eigenvalue weighted by Gasteiger charge is -2.15. The summed E-state index contributed by atoms with van der Waals surface area (Å²) in [4.78, 5) is 35.5. The second kappa shape index (κ2) is 10.7. The van der Waals surface area contributed by atoms with Crippen molar-refractivity contribution in [2.75, 3.05) is 11.1 Å². The van der Waals surface area contributed by atoms with Gasteiger partial charge in [-0.2, -0.15) is 0 Å². The van der Waals surface area contributed by atoms with E-state index >= 15 is 0 Å². The van der Waals surface area contributed by atoms with Crippen molar-refractivity contribution in [3.63, 3.8) is 0 Å². The molecule has 11 heteroatoms. The lowest BCUT2D eigenvalue weighted by atomic mass is 10.1. The minimum absolute atomic E-state index is 0.00567. The quantitative estimate of drug-likeness (QED) is 0.278. The molecule has 1 atom stereocenters. The topological polar surface area (TPSA) is 132 Å². The van der Waals surface area contributed by atoms with Crippen molar-refractivity contribution < 1.29 is 14.5 Å². The lowest BCUT2D eigenvalue weighted by molar-refractivity contribution is -0.383. The molecule has 1 aromatic heterocycles. The number of benzene rings is 2. The minimum atomic E-state index is -0.547. The van der Waals surface area contributed by atoms with Crippen LogP contribution >= 0.6 is 11.8 Å². The molecule has 0 aliphatic heterocycles. The van der Waals surface area contributed by atoms with Gasteiger partial charge in [0.05, 0.1) is 16.7 Å². The van der Waals surface area contributed by atoms with Gasteiger partial charge in [-0.05, 0) is 39.0 Å². The van der Waals surface area contributed by atoms with Crippen molar-refractivity contribution in [3.8, 4) is 0 Å². The predicted octanol–water partition coefficient (Wildman–Crippen LogP) is 3.74. The molecular formula is C22H24N6O4S. The van der Waals surface area contributed by atoms with Gasteiger partial charge in [0.1, 0.15) is 5.69 Å². The van der Waals surface area contributed by atoms with Crippen LogP contribution in [0.15, 0.2) is 53.7 Å². The largest absolute Gasteiger partial charge is 0.342 e. The van der Waals surface area contributed by atoms with E-state index in [-0.39, 0.29) is 23.0 Å². The second-order valence-electron chi connectivity index (χ2n) is 7.26. The molecule has 2 amide bonds. The number of anilines is 1. The zero-order chi connectivity index (χ0) is 24.0. The molecule has 0 saturated heterocycles. The summed E-state index contributed by atoms with van der Waals surface area (Å²) in [5.41, 5.74) is 1.58. The van der Waals surface area contributed by atoms with Gasteiger partial charge in [0.15, 0.2) is 11.0 Å². The molecule has 3 rings (SSSR count). The van der Waals surface area contributed by atoms with Gasteiger partial charge in [0.2, 0.25) is 5.91 Å². The first-order chi connectivity index (χ1) is 15.8. The third-order valence-corrected chi connectivity index (χ3v) is 5.78. The molecule has 0 radical (unpaired) electrons. The van der Waals surface area contributed by atoms with Gasteiger partial charge in [-0.15, -0.1) is 10.2 Å². The van der Waals surface area contributed by atoms with E-state index in [0.717, 1.165) is 17.3 Å². The number of nitrogens with one attached hydrogen (secondary N) is 2. The number of nitrogens with zero attached hydrogens (tertiary/aromatic N) is 4. The summed E-state index contributed by atoms with van der Waals surface area (Å²) < 4.78 is 1.82. The van der Waals surface area contributed by atoms with E-state index in [4.69, 9.17) is 0 Å². The van der Waals surface area contributed by atoms with Crippen LogP contribution in [0.4, 0.5) is 11.4 Å². The van der Waals surface area contributed by atoms with Crippen LogP contribution in [0.25, 0.3) is 0 Å². The first-order valence-corrected chi connectivity index (χ1v) is 11.3. The van der Waals surface area contributed by atoms with Crippen LogP contribution in [-0.2, 0) is 11.3 Å². The number of aryl methyl sites for hydroxylation is 1. The van der Waals surface area contributed by atoms with Crippen LogP contribution in [0.1, 0.15) is 41.6 Å². The molecule has 0 unspecified atom stereocenters. The van der Waals surface area contributed by atoms with Crippen molar-refractivity contribution in [1.82, 2.24) is 20.1 Å². The van der Waals surface area contributed by atoms with Crippen LogP contribution in [0.3, 0.4) is 0 Å². The van der Waals surface area contributed by atoms with Crippen LogP contribution in [0.5, 0.6) is 0 Å². The zero-order valence-corrected chi connectivity index (χ0v) is 19.3. The molecule has 2 N–H and O–H groups in total. The number of hydrogen-bond donors (Lipinski definition) is 2. The maximum absolute atomic E-state index is 12.5.